The lowest BCUT2D eigenvalue weighted by Gasteiger charge is -2.15. The highest BCUT2D eigenvalue weighted by molar-refractivity contribution is 14.1. The summed E-state index contributed by atoms with van der Waals surface area (Å²) in [6, 6.07) is 20.5. The smallest absolute Gasteiger partial charge is 0.266 e. The Morgan fingerprint density at radius 3 is 2.55 bits per heavy atom. The Kier molecular flexibility index (Phi) is 8.75. The Labute approximate surface area is 212 Å². The van der Waals surface area contributed by atoms with Gasteiger partial charge in [-0.05, 0) is 95.6 Å². The number of ether oxygens (including phenoxy) is 2. The maximum absolute atomic E-state index is 12.6. The zero-order valence-electron chi connectivity index (χ0n) is 18.2. The van der Waals surface area contributed by atoms with Crippen LogP contribution in [-0.4, -0.2) is 12.5 Å². The third kappa shape index (κ3) is 6.73. The van der Waals surface area contributed by atoms with Crippen molar-refractivity contribution >= 4 is 51.9 Å². The molecule has 0 atom stereocenters. The summed E-state index contributed by atoms with van der Waals surface area (Å²) >= 11 is 8.69. The van der Waals surface area contributed by atoms with Crippen molar-refractivity contribution in [1.82, 2.24) is 0 Å². The Bertz CT molecular complexity index is 1220. The number of aryl methyl sites for hydroxylation is 1. The molecule has 0 bridgehead atoms. The van der Waals surface area contributed by atoms with Crippen molar-refractivity contribution in [2.75, 3.05) is 11.9 Å². The van der Waals surface area contributed by atoms with Gasteiger partial charge in [0.05, 0.1) is 11.6 Å². The predicted molar refractivity (Wildman–Crippen MR) is 140 cm³/mol. The first-order chi connectivity index (χ1) is 15.9. The number of carbonyl (C=O) groups excluding carboxylic acids is 1. The van der Waals surface area contributed by atoms with Gasteiger partial charge in [-0.1, -0.05) is 35.9 Å². The topological polar surface area (TPSA) is 71.3 Å². The van der Waals surface area contributed by atoms with Crippen LogP contribution in [0.4, 0.5) is 5.69 Å². The fourth-order valence-electron chi connectivity index (χ4n) is 3.04. The summed E-state index contributed by atoms with van der Waals surface area (Å²) in [5.74, 6) is 0.355. The van der Waals surface area contributed by atoms with E-state index in [9.17, 15) is 10.1 Å². The third-order valence-corrected chi connectivity index (χ3v) is 5.74. The van der Waals surface area contributed by atoms with E-state index < -0.39 is 5.91 Å². The molecule has 0 aliphatic heterocycles. The van der Waals surface area contributed by atoms with Crippen LogP contribution in [0.1, 0.15) is 23.6 Å². The van der Waals surface area contributed by atoms with E-state index in [0.717, 1.165) is 14.7 Å². The van der Waals surface area contributed by atoms with Gasteiger partial charge in [0.25, 0.3) is 5.91 Å². The van der Waals surface area contributed by atoms with E-state index in [1.54, 1.807) is 24.3 Å². The molecule has 0 saturated heterocycles. The molecule has 3 aromatic rings. The molecule has 0 spiro atoms. The van der Waals surface area contributed by atoms with Gasteiger partial charge in [-0.3, -0.25) is 4.79 Å². The molecule has 3 aromatic carbocycles. The molecule has 168 valence electrons. The number of nitriles is 1. The van der Waals surface area contributed by atoms with Crippen molar-refractivity contribution in [3.63, 3.8) is 0 Å². The van der Waals surface area contributed by atoms with Gasteiger partial charge in [0.1, 0.15) is 18.2 Å². The van der Waals surface area contributed by atoms with Crippen molar-refractivity contribution < 1.29 is 14.3 Å². The first-order valence-corrected chi connectivity index (χ1v) is 11.7. The monoisotopic (exact) mass is 572 g/mol. The van der Waals surface area contributed by atoms with Gasteiger partial charge in [0.15, 0.2) is 11.5 Å². The number of anilines is 1. The predicted octanol–water partition coefficient (Wildman–Crippen LogP) is 6.78. The van der Waals surface area contributed by atoms with Crippen molar-refractivity contribution in [2.45, 2.75) is 20.5 Å². The zero-order valence-corrected chi connectivity index (χ0v) is 21.1. The molecule has 5 nitrogen and oxygen atoms in total. The number of nitrogens with one attached hydrogen (secondary N) is 1. The molecule has 7 heteroatoms. The summed E-state index contributed by atoms with van der Waals surface area (Å²) in [6.07, 6.45) is 1.47. The molecule has 3 rings (SSSR count). The van der Waals surface area contributed by atoms with E-state index >= 15 is 0 Å². The fourth-order valence-corrected chi connectivity index (χ4v) is 3.68. The molecule has 0 unspecified atom stereocenters. The van der Waals surface area contributed by atoms with E-state index in [1.165, 1.54) is 6.08 Å². The Morgan fingerprint density at radius 2 is 1.88 bits per heavy atom. The minimum Gasteiger partial charge on any atom is -0.490 e. The normalized spacial score (nSPS) is 10.9. The van der Waals surface area contributed by atoms with Gasteiger partial charge in [-0.15, -0.1) is 0 Å². The summed E-state index contributed by atoms with van der Waals surface area (Å²) in [5, 5.41) is 12.6. The molecule has 0 radical (unpaired) electrons. The minimum absolute atomic E-state index is 0.0550. The van der Waals surface area contributed by atoms with Crippen LogP contribution in [-0.2, 0) is 11.4 Å². The Balaban J connectivity index is 1.85. The largest absolute Gasteiger partial charge is 0.490 e. The van der Waals surface area contributed by atoms with Crippen molar-refractivity contribution in [3.05, 3.63) is 91.5 Å². The molecule has 0 aliphatic rings. The zero-order chi connectivity index (χ0) is 23.8. The molecule has 1 amide bonds. The summed E-state index contributed by atoms with van der Waals surface area (Å²) in [4.78, 5) is 12.6. The van der Waals surface area contributed by atoms with Gasteiger partial charge in [0.2, 0.25) is 0 Å². The lowest BCUT2D eigenvalue weighted by Crippen LogP contribution is -2.13. The van der Waals surface area contributed by atoms with E-state index in [2.05, 4.69) is 27.9 Å². The summed E-state index contributed by atoms with van der Waals surface area (Å²) in [7, 11) is 0. The number of hydrogen-bond donors (Lipinski definition) is 1. The van der Waals surface area contributed by atoms with Gasteiger partial charge < -0.3 is 14.8 Å². The van der Waals surface area contributed by atoms with Crippen LogP contribution in [0.2, 0.25) is 5.02 Å². The van der Waals surface area contributed by atoms with E-state index in [0.29, 0.717) is 41.0 Å². The maximum Gasteiger partial charge on any atom is 0.266 e. The number of benzene rings is 3. The highest BCUT2D eigenvalue weighted by Crippen LogP contribution is 2.38. The second kappa shape index (κ2) is 11.7. The second-order valence-corrected chi connectivity index (χ2v) is 8.76. The van der Waals surface area contributed by atoms with Gasteiger partial charge in [0, 0.05) is 9.26 Å². The molecule has 0 aromatic heterocycles. The van der Waals surface area contributed by atoms with Crippen LogP contribution >= 0.6 is 34.2 Å². The first kappa shape index (κ1) is 24.6. The van der Waals surface area contributed by atoms with Gasteiger partial charge >= 0.3 is 0 Å². The number of nitrogens with zero attached hydrogens (tertiary/aromatic N) is 1. The quantitative estimate of drug-likeness (QED) is 0.184. The van der Waals surface area contributed by atoms with Crippen molar-refractivity contribution in [1.29, 1.82) is 5.26 Å². The third-order valence-electron chi connectivity index (χ3n) is 4.74. The van der Waals surface area contributed by atoms with Crippen LogP contribution in [0.15, 0.2) is 66.2 Å². The average Bonchev–Trinajstić information content (AvgIpc) is 2.79. The highest BCUT2D eigenvalue weighted by Gasteiger charge is 2.15. The molecule has 0 heterocycles. The standard InChI is InChI=1S/C26H22ClIN2O3/c1-3-32-24-14-18(12-20(15-29)26(31)30-22-10-8-21(28)9-11-22)13-23(27)25(24)33-16-19-7-5-4-6-17(19)2/h4-14H,3,16H2,1-2H3,(H,30,31)/b20-12+. The molecule has 33 heavy (non-hydrogen) atoms. The molecule has 0 fully saturated rings. The molecule has 0 saturated carbocycles. The minimum atomic E-state index is -0.507. The van der Waals surface area contributed by atoms with Crippen molar-refractivity contribution in [3.8, 4) is 17.6 Å². The molecular formula is C26H22ClIN2O3. The molecular weight excluding hydrogens is 551 g/mol. The number of rotatable bonds is 8. The first-order valence-electron chi connectivity index (χ1n) is 10.2. The van der Waals surface area contributed by atoms with E-state index in [-0.39, 0.29) is 5.57 Å². The Morgan fingerprint density at radius 1 is 1.15 bits per heavy atom. The number of amides is 1. The van der Waals surface area contributed by atoms with Crippen LogP contribution in [0.3, 0.4) is 0 Å². The lowest BCUT2D eigenvalue weighted by molar-refractivity contribution is -0.112. The summed E-state index contributed by atoms with van der Waals surface area (Å²) in [6.45, 7) is 4.62. The van der Waals surface area contributed by atoms with E-state index in [1.807, 2.05) is 56.3 Å². The van der Waals surface area contributed by atoms with Crippen molar-refractivity contribution in [2.24, 2.45) is 0 Å². The van der Waals surface area contributed by atoms with E-state index in [4.69, 9.17) is 21.1 Å². The van der Waals surface area contributed by atoms with Gasteiger partial charge in [-0.25, -0.2) is 0 Å². The van der Waals surface area contributed by atoms with Crippen LogP contribution in [0.5, 0.6) is 11.5 Å². The summed E-state index contributed by atoms with van der Waals surface area (Å²) in [5.41, 5.74) is 3.26. The number of halogens is 2. The average molecular weight is 573 g/mol. The molecule has 1 N–H and O–H groups in total. The van der Waals surface area contributed by atoms with Crippen LogP contribution in [0, 0.1) is 21.8 Å². The van der Waals surface area contributed by atoms with Gasteiger partial charge in [-0.2, -0.15) is 5.26 Å². The SMILES string of the molecule is CCOc1cc(/C=C(\C#N)C(=O)Nc2ccc(I)cc2)cc(Cl)c1OCc1ccccc1C. The highest BCUT2D eigenvalue weighted by atomic mass is 127. The second-order valence-electron chi connectivity index (χ2n) is 7.11. The lowest BCUT2D eigenvalue weighted by atomic mass is 10.1. The molecule has 0 aliphatic carbocycles. The number of hydrogen-bond acceptors (Lipinski definition) is 4. The van der Waals surface area contributed by atoms with Crippen LogP contribution < -0.4 is 14.8 Å². The van der Waals surface area contributed by atoms with Crippen LogP contribution in [0.25, 0.3) is 6.08 Å². The maximum atomic E-state index is 12.6. The fraction of sp³-hybridized carbons (Fsp3) is 0.154. The Hall–Kier alpha value is -3.02. The summed E-state index contributed by atoms with van der Waals surface area (Å²) < 4.78 is 12.8. The number of carbonyl (C=O) groups is 1.